The van der Waals surface area contributed by atoms with Gasteiger partial charge in [-0.1, -0.05) is 84.3 Å². The number of aryl methyl sites for hydroxylation is 1. The Labute approximate surface area is 422 Å². The van der Waals surface area contributed by atoms with E-state index in [1.807, 2.05) is 71.9 Å². The van der Waals surface area contributed by atoms with E-state index in [1.165, 1.54) is 23.2 Å². The summed E-state index contributed by atoms with van der Waals surface area (Å²) in [4.78, 5) is 78.7. The Bertz CT molecular complexity index is 2820. The molecule has 1 saturated carbocycles. The maximum Gasteiger partial charge on any atom is 0.253 e. The van der Waals surface area contributed by atoms with E-state index < -0.39 is 70.6 Å². The molecule has 4 atom stereocenters. The van der Waals surface area contributed by atoms with Crippen LogP contribution in [-0.2, 0) is 14.4 Å². The van der Waals surface area contributed by atoms with E-state index in [0.717, 1.165) is 21.7 Å². The Balaban J connectivity index is 0.884. The zero-order valence-corrected chi connectivity index (χ0v) is 42.7. The van der Waals surface area contributed by atoms with E-state index in [4.69, 9.17) is 21.1 Å². The first-order chi connectivity index (χ1) is 33.5. The second-order valence-corrected chi connectivity index (χ2v) is 21.6. The fourth-order valence-electron chi connectivity index (χ4n) is 9.67. The number of likely N-dealkylation sites (tertiary alicyclic amines) is 1. The predicted octanol–water partition coefficient (Wildman–Crippen LogP) is 7.54. The van der Waals surface area contributed by atoms with Gasteiger partial charge in [-0.2, -0.15) is 5.26 Å². The zero-order valence-electron chi connectivity index (χ0n) is 41.1. The highest BCUT2D eigenvalue weighted by molar-refractivity contribution is 7.13. The summed E-state index contributed by atoms with van der Waals surface area (Å²) < 4.78 is 12.2. The van der Waals surface area contributed by atoms with E-state index in [0.29, 0.717) is 27.6 Å². The van der Waals surface area contributed by atoms with Crippen molar-refractivity contribution in [1.29, 1.82) is 5.26 Å². The molecule has 71 heavy (non-hydrogen) atoms. The molecule has 0 bridgehead atoms. The van der Waals surface area contributed by atoms with E-state index in [1.54, 1.807) is 80.1 Å². The quantitative estimate of drug-likeness (QED) is 0.0689. The van der Waals surface area contributed by atoms with Gasteiger partial charge in [-0.05, 0) is 72.9 Å². The average molecular weight is 1000 g/mol. The number of β-amino-alcohol motifs (C(OH)–C–C–N with tert-alkyl or cyclic N) is 1. The number of ether oxygens (including phenoxy) is 2. The molecule has 2 fully saturated rings. The number of rotatable bonds is 15. The van der Waals surface area contributed by atoms with Gasteiger partial charge in [-0.15, -0.1) is 11.3 Å². The first kappa shape index (κ1) is 52.0. The Kier molecular flexibility index (Phi) is 15.3. The molecule has 2 aliphatic rings. The van der Waals surface area contributed by atoms with Crippen molar-refractivity contribution in [1.82, 2.24) is 36.1 Å². The number of amides is 5. The monoisotopic (exact) mass is 1000 g/mol. The summed E-state index contributed by atoms with van der Waals surface area (Å²) in [5.74, 6) is -1.30. The Morgan fingerprint density at radius 1 is 0.915 bits per heavy atom. The standard InChI is InChI=1S/C53H59ClN8O8S/c1-29(31-10-12-32(13-11-31)43-30(2)58-28-71-43)59-47(67)40-22-36(63)27-62(40)48(68)44(51(3,4)5)60-41(64)26-57-45(65)33-14-18-37(19-15-33)69-42-21-17-35(25-56-42)46(66)61-49-52(6,7)50(53(49,8)9)70-38-20-16-34(24-55)39(54)23-38/h10-21,23,25,28-29,36,40,44,49-50,63H,22,26-27H2,1-9H3,(H,57,65)(H,59,67)(H,60,64)(H,61,66)/t29-,36+,40-,44+,49?,50?/m0/s1. The summed E-state index contributed by atoms with van der Waals surface area (Å²) in [6.45, 7) is 16.7. The number of aromatic nitrogens is 2. The maximum absolute atomic E-state index is 14.1. The molecule has 0 radical (unpaired) electrons. The van der Waals surface area contributed by atoms with Crippen LogP contribution in [0.3, 0.4) is 0 Å². The third-order valence-corrected chi connectivity index (χ3v) is 14.5. The molecule has 1 saturated heterocycles. The van der Waals surface area contributed by atoms with Gasteiger partial charge in [0.1, 0.15) is 35.8 Å². The van der Waals surface area contributed by atoms with E-state index in [9.17, 15) is 34.3 Å². The lowest BCUT2D eigenvalue weighted by Gasteiger charge is -2.63. The van der Waals surface area contributed by atoms with Gasteiger partial charge in [0.15, 0.2) is 0 Å². The maximum atomic E-state index is 14.1. The van der Waals surface area contributed by atoms with Gasteiger partial charge in [0.2, 0.25) is 23.6 Å². The molecular formula is C53H59ClN8O8S. The highest BCUT2D eigenvalue weighted by Gasteiger charge is 2.64. The third kappa shape index (κ3) is 11.5. The SMILES string of the molecule is Cc1ncsc1-c1ccc([C@H](C)NC(=O)[C@@H]2C[C@@H](O)CN2C(=O)[C@@H](NC(=O)CNC(=O)c2ccc(Oc3ccc(C(=O)NC4C(C)(C)C(Oc5ccc(C#N)c(Cl)c5)C4(C)C)cn3)cc2)C(C)(C)C)cc1. The van der Waals surface area contributed by atoms with Crippen LogP contribution >= 0.6 is 22.9 Å². The second-order valence-electron chi connectivity index (χ2n) is 20.4. The number of thiazole rings is 1. The number of aliphatic hydroxyl groups is 1. The number of pyridine rings is 1. The predicted molar refractivity (Wildman–Crippen MR) is 269 cm³/mol. The molecule has 5 N–H and O–H groups in total. The van der Waals surface area contributed by atoms with Gasteiger partial charge >= 0.3 is 0 Å². The molecule has 0 unspecified atom stereocenters. The van der Waals surface area contributed by atoms with Crippen LogP contribution in [0.15, 0.2) is 90.6 Å². The van der Waals surface area contributed by atoms with Gasteiger partial charge < -0.3 is 40.7 Å². The van der Waals surface area contributed by atoms with E-state index in [-0.39, 0.29) is 42.5 Å². The number of carbonyl (C=O) groups is 5. The molecular weight excluding hydrogens is 944 g/mol. The Morgan fingerprint density at radius 3 is 2.17 bits per heavy atom. The van der Waals surface area contributed by atoms with Crippen molar-refractivity contribution in [3.05, 3.63) is 124 Å². The summed E-state index contributed by atoms with van der Waals surface area (Å²) in [5, 5.41) is 31.7. The summed E-state index contributed by atoms with van der Waals surface area (Å²) in [5.41, 5.74) is 3.85. The van der Waals surface area contributed by atoms with Crippen LogP contribution in [0.25, 0.3) is 10.4 Å². The van der Waals surface area contributed by atoms with Crippen LogP contribution in [-0.4, -0.2) is 92.9 Å². The van der Waals surface area contributed by atoms with Crippen LogP contribution in [0.1, 0.15) is 105 Å². The first-order valence-electron chi connectivity index (χ1n) is 23.3. The fraction of sp³-hybridized carbons (Fsp3) is 0.396. The number of carbonyl (C=O) groups excluding carboxylic acids is 5. The molecule has 5 amide bonds. The summed E-state index contributed by atoms with van der Waals surface area (Å²) in [6.07, 6.45) is 0.252. The number of benzene rings is 3. The lowest BCUT2D eigenvalue weighted by Crippen LogP contribution is -2.74. The smallest absolute Gasteiger partial charge is 0.253 e. The normalized spacial score (nSPS) is 19.8. The van der Waals surface area contributed by atoms with Gasteiger partial charge in [-0.25, -0.2) is 9.97 Å². The van der Waals surface area contributed by atoms with Crippen molar-refractivity contribution in [3.8, 4) is 33.9 Å². The van der Waals surface area contributed by atoms with Gasteiger partial charge in [-0.3, -0.25) is 24.0 Å². The molecule has 18 heteroatoms. The highest BCUT2D eigenvalue weighted by atomic mass is 35.5. The topological polar surface area (TPSA) is 225 Å². The minimum Gasteiger partial charge on any atom is -0.489 e. The minimum atomic E-state index is -1.08. The van der Waals surface area contributed by atoms with E-state index in [2.05, 4.69) is 31.2 Å². The molecule has 3 heterocycles. The minimum absolute atomic E-state index is 0.0390. The molecule has 5 aromatic rings. The van der Waals surface area contributed by atoms with Crippen LogP contribution in [0.5, 0.6) is 17.4 Å². The number of halogens is 1. The zero-order chi connectivity index (χ0) is 51.6. The lowest BCUT2D eigenvalue weighted by atomic mass is 9.49. The highest BCUT2D eigenvalue weighted by Crippen LogP contribution is 2.55. The molecule has 1 aliphatic carbocycles. The van der Waals surface area contributed by atoms with Crippen molar-refractivity contribution >= 4 is 52.5 Å². The summed E-state index contributed by atoms with van der Waals surface area (Å²) >= 11 is 7.79. The van der Waals surface area contributed by atoms with Crippen molar-refractivity contribution in [3.63, 3.8) is 0 Å². The van der Waals surface area contributed by atoms with Crippen LogP contribution in [0.2, 0.25) is 5.02 Å². The number of nitrogens with zero attached hydrogens (tertiary/aromatic N) is 4. The van der Waals surface area contributed by atoms with Crippen molar-refractivity contribution < 1.29 is 38.6 Å². The number of aliphatic hydroxyl groups excluding tert-OH is 1. The fourth-order valence-corrected chi connectivity index (χ4v) is 10.7. The molecule has 3 aromatic carbocycles. The average Bonchev–Trinajstić information content (AvgIpc) is 3.95. The lowest BCUT2D eigenvalue weighted by molar-refractivity contribution is -0.164. The van der Waals surface area contributed by atoms with E-state index >= 15 is 0 Å². The number of hydrogen-bond acceptors (Lipinski definition) is 12. The van der Waals surface area contributed by atoms with Crippen LogP contribution in [0, 0.1) is 34.5 Å². The van der Waals surface area contributed by atoms with Gasteiger partial charge in [0.05, 0.1) is 50.9 Å². The number of nitrogens with one attached hydrogen (secondary N) is 4. The molecule has 0 spiro atoms. The summed E-state index contributed by atoms with van der Waals surface area (Å²) in [6, 6.07) is 21.5. The largest absolute Gasteiger partial charge is 0.489 e. The molecule has 372 valence electrons. The van der Waals surface area contributed by atoms with Gasteiger partial charge in [0.25, 0.3) is 11.8 Å². The van der Waals surface area contributed by atoms with Crippen molar-refractivity contribution in [2.75, 3.05) is 13.1 Å². The number of hydrogen-bond donors (Lipinski definition) is 5. The Hall–Kier alpha value is -6.87. The van der Waals surface area contributed by atoms with Crippen LogP contribution in [0.4, 0.5) is 0 Å². The molecule has 1 aliphatic heterocycles. The number of nitriles is 1. The van der Waals surface area contributed by atoms with Crippen LogP contribution < -0.4 is 30.7 Å². The summed E-state index contributed by atoms with van der Waals surface area (Å²) in [7, 11) is 0. The van der Waals surface area contributed by atoms with Crippen molar-refractivity contribution in [2.45, 2.75) is 105 Å². The molecule has 2 aromatic heterocycles. The third-order valence-electron chi connectivity index (χ3n) is 13.2. The molecule has 16 nitrogen and oxygen atoms in total. The Morgan fingerprint density at radius 2 is 1.58 bits per heavy atom. The second kappa shape index (κ2) is 20.8. The molecule has 7 rings (SSSR count). The van der Waals surface area contributed by atoms with Crippen molar-refractivity contribution in [2.24, 2.45) is 16.2 Å². The first-order valence-corrected chi connectivity index (χ1v) is 24.5. The van der Waals surface area contributed by atoms with Gasteiger partial charge in [0, 0.05) is 53.7 Å².